The lowest BCUT2D eigenvalue weighted by molar-refractivity contribution is 0.214. The molecule has 7 nitrogen and oxygen atoms in total. The van der Waals surface area contributed by atoms with Crippen molar-refractivity contribution < 1.29 is 17.6 Å². The van der Waals surface area contributed by atoms with E-state index >= 15 is 0 Å². The zero-order valence-electron chi connectivity index (χ0n) is 16.4. The Hall–Kier alpha value is -1.54. The number of sulfonamides is 1. The molecule has 148 valence electrons. The third-order valence-corrected chi connectivity index (χ3v) is 6.68. The molecule has 0 spiro atoms. The second-order valence-electron chi connectivity index (χ2n) is 7.81. The summed E-state index contributed by atoms with van der Waals surface area (Å²) in [5.74, 6) is 1.90. The van der Waals surface area contributed by atoms with Gasteiger partial charge in [-0.05, 0) is 38.2 Å². The number of fused-ring (bicyclic) bond motifs is 1. The minimum absolute atomic E-state index is 0.0620. The van der Waals surface area contributed by atoms with Crippen LogP contribution in [0.1, 0.15) is 56.7 Å². The molecule has 26 heavy (non-hydrogen) atoms. The number of nitrogens with one attached hydrogen (secondary N) is 2. The Labute approximate surface area is 156 Å². The number of furan rings is 1. The third kappa shape index (κ3) is 5.23. The Morgan fingerprint density at radius 2 is 2.12 bits per heavy atom. The fraction of sp³-hybridized carbons (Fsp3) is 0.722. The van der Waals surface area contributed by atoms with Crippen LogP contribution in [0.15, 0.2) is 10.5 Å². The van der Waals surface area contributed by atoms with E-state index in [-0.39, 0.29) is 23.2 Å². The van der Waals surface area contributed by atoms with Crippen molar-refractivity contribution in [2.75, 3.05) is 25.9 Å². The first-order valence-electron chi connectivity index (χ1n) is 9.11. The second kappa shape index (κ2) is 8.00. The number of carbonyl (C=O) groups is 1. The van der Waals surface area contributed by atoms with Gasteiger partial charge in [0.05, 0.1) is 11.8 Å². The van der Waals surface area contributed by atoms with Crippen LogP contribution in [0.4, 0.5) is 4.79 Å². The molecular weight excluding hydrogens is 354 g/mol. The number of nitrogens with zero attached hydrogens (tertiary/aromatic N) is 1. The van der Waals surface area contributed by atoms with Gasteiger partial charge in [0.25, 0.3) is 0 Å². The highest BCUT2D eigenvalue weighted by Crippen LogP contribution is 2.41. The molecule has 8 heteroatoms. The molecule has 0 fully saturated rings. The van der Waals surface area contributed by atoms with Crippen molar-refractivity contribution in [3.63, 3.8) is 0 Å². The predicted molar refractivity (Wildman–Crippen MR) is 102 cm³/mol. The van der Waals surface area contributed by atoms with Crippen molar-refractivity contribution >= 4 is 16.1 Å². The molecule has 1 unspecified atom stereocenters. The summed E-state index contributed by atoms with van der Waals surface area (Å²) < 4.78 is 30.5. The molecule has 1 aliphatic carbocycles. The maximum atomic E-state index is 12.3. The number of aryl methyl sites for hydroxylation is 1. The van der Waals surface area contributed by atoms with Crippen molar-refractivity contribution in [2.45, 2.75) is 53.0 Å². The summed E-state index contributed by atoms with van der Waals surface area (Å²) in [4.78, 5) is 12.3. The van der Waals surface area contributed by atoms with E-state index < -0.39 is 10.0 Å². The van der Waals surface area contributed by atoms with Gasteiger partial charge >= 0.3 is 6.03 Å². The lowest BCUT2D eigenvalue weighted by Crippen LogP contribution is -2.42. The maximum Gasteiger partial charge on any atom is 0.315 e. The summed E-state index contributed by atoms with van der Waals surface area (Å²) in [5, 5.41) is 5.85. The Morgan fingerprint density at radius 1 is 1.42 bits per heavy atom. The Kier molecular flexibility index (Phi) is 6.39. The number of urea groups is 1. The van der Waals surface area contributed by atoms with E-state index in [0.717, 1.165) is 29.9 Å². The minimum atomic E-state index is -3.17. The number of rotatable bonds is 7. The molecule has 1 aromatic heterocycles. The average molecular weight is 386 g/mol. The Bertz CT molecular complexity index is 740. The monoisotopic (exact) mass is 385 g/mol. The fourth-order valence-electron chi connectivity index (χ4n) is 3.39. The van der Waals surface area contributed by atoms with Gasteiger partial charge in [-0.15, -0.1) is 0 Å². The van der Waals surface area contributed by atoms with Crippen LogP contribution in [0.2, 0.25) is 0 Å². The van der Waals surface area contributed by atoms with E-state index in [9.17, 15) is 13.2 Å². The summed E-state index contributed by atoms with van der Waals surface area (Å²) in [7, 11) is -1.61. The zero-order chi connectivity index (χ0) is 19.5. The second-order valence-corrected chi connectivity index (χ2v) is 10.2. The van der Waals surface area contributed by atoms with Crippen molar-refractivity contribution in [1.82, 2.24) is 14.9 Å². The van der Waals surface area contributed by atoms with Crippen molar-refractivity contribution in [3.05, 3.63) is 23.2 Å². The van der Waals surface area contributed by atoms with Gasteiger partial charge in [0.15, 0.2) is 0 Å². The molecule has 0 bridgehead atoms. The summed E-state index contributed by atoms with van der Waals surface area (Å²) >= 11 is 0. The van der Waals surface area contributed by atoms with E-state index in [2.05, 4.69) is 24.5 Å². The van der Waals surface area contributed by atoms with Crippen LogP contribution in [0, 0.1) is 12.3 Å². The molecule has 0 aliphatic heterocycles. The summed E-state index contributed by atoms with van der Waals surface area (Å²) in [5.41, 5.74) is 1.12. The molecule has 1 aliphatic rings. The summed E-state index contributed by atoms with van der Waals surface area (Å²) in [6.45, 7) is 8.69. The van der Waals surface area contributed by atoms with Crippen molar-refractivity contribution in [2.24, 2.45) is 5.41 Å². The Balaban J connectivity index is 1.84. The normalized spacial score (nSPS) is 19.2. The van der Waals surface area contributed by atoms with Gasteiger partial charge in [-0.3, -0.25) is 0 Å². The summed E-state index contributed by atoms with van der Waals surface area (Å²) in [6.07, 6.45) is 2.29. The van der Waals surface area contributed by atoms with Crippen LogP contribution >= 0.6 is 0 Å². The van der Waals surface area contributed by atoms with E-state index in [4.69, 9.17) is 4.42 Å². The number of amides is 2. The first-order chi connectivity index (χ1) is 12.0. The van der Waals surface area contributed by atoms with Crippen LogP contribution < -0.4 is 10.6 Å². The topological polar surface area (TPSA) is 91.7 Å². The van der Waals surface area contributed by atoms with Gasteiger partial charge < -0.3 is 15.1 Å². The van der Waals surface area contributed by atoms with E-state index in [1.165, 1.54) is 4.31 Å². The fourth-order valence-corrected chi connectivity index (χ4v) is 4.23. The third-order valence-electron chi connectivity index (χ3n) is 4.82. The van der Waals surface area contributed by atoms with Crippen LogP contribution in [-0.4, -0.2) is 44.6 Å². The van der Waals surface area contributed by atoms with Gasteiger partial charge in [0, 0.05) is 32.1 Å². The highest BCUT2D eigenvalue weighted by Gasteiger charge is 2.35. The van der Waals surface area contributed by atoms with Gasteiger partial charge in [-0.25, -0.2) is 17.5 Å². The molecule has 2 rings (SSSR count). The molecule has 0 radical (unpaired) electrons. The summed E-state index contributed by atoms with van der Waals surface area (Å²) in [6, 6.07) is 1.69. The molecule has 0 aromatic carbocycles. The van der Waals surface area contributed by atoms with Crippen molar-refractivity contribution in [3.8, 4) is 0 Å². The van der Waals surface area contributed by atoms with Gasteiger partial charge in [-0.2, -0.15) is 0 Å². The molecule has 2 N–H and O–H groups in total. The lowest BCUT2D eigenvalue weighted by Gasteiger charge is -2.34. The van der Waals surface area contributed by atoms with E-state index in [1.807, 2.05) is 13.0 Å². The zero-order valence-corrected chi connectivity index (χ0v) is 17.2. The van der Waals surface area contributed by atoms with Crippen LogP contribution in [-0.2, 0) is 16.4 Å². The van der Waals surface area contributed by atoms with Gasteiger partial charge in [0.1, 0.15) is 11.5 Å². The van der Waals surface area contributed by atoms with Crippen molar-refractivity contribution in [1.29, 1.82) is 0 Å². The Morgan fingerprint density at radius 3 is 2.77 bits per heavy atom. The minimum Gasteiger partial charge on any atom is -0.466 e. The molecule has 0 saturated carbocycles. The number of hydrogen-bond acceptors (Lipinski definition) is 4. The molecular formula is C18H31N3O4S. The average Bonchev–Trinajstić information content (AvgIpc) is 2.90. The first-order valence-corrected chi connectivity index (χ1v) is 10.7. The molecule has 0 saturated heterocycles. The van der Waals surface area contributed by atoms with E-state index in [1.54, 1.807) is 14.0 Å². The first kappa shape index (κ1) is 20.8. The molecule has 1 heterocycles. The highest BCUT2D eigenvalue weighted by molar-refractivity contribution is 7.89. The quantitative estimate of drug-likeness (QED) is 0.706. The van der Waals surface area contributed by atoms with E-state index in [0.29, 0.717) is 19.5 Å². The molecule has 1 aromatic rings. The van der Waals surface area contributed by atoms with Crippen LogP contribution in [0.25, 0.3) is 0 Å². The molecule has 1 atom stereocenters. The SMILES string of the molecule is CCS(=O)(=O)N(C)CCCNC(=O)NC1CC(C)(C)Cc2oc(C)cc21. The van der Waals surface area contributed by atoms with Gasteiger partial charge in [-0.1, -0.05) is 13.8 Å². The van der Waals surface area contributed by atoms with Crippen LogP contribution in [0.3, 0.4) is 0 Å². The standard InChI is InChI=1S/C18H31N3O4S/c1-6-26(23,24)21(5)9-7-8-19-17(22)20-15-11-18(3,4)12-16-14(15)10-13(2)25-16/h10,15H,6-9,11-12H2,1-5H3,(H2,19,20,22). The largest absolute Gasteiger partial charge is 0.466 e. The highest BCUT2D eigenvalue weighted by atomic mass is 32.2. The number of carbonyl (C=O) groups excluding carboxylic acids is 1. The maximum absolute atomic E-state index is 12.3. The van der Waals surface area contributed by atoms with Crippen LogP contribution in [0.5, 0.6) is 0 Å². The smallest absolute Gasteiger partial charge is 0.315 e. The molecule has 2 amide bonds. The predicted octanol–water partition coefficient (Wildman–Crippen LogP) is 2.57. The number of hydrogen-bond donors (Lipinski definition) is 2. The van der Waals surface area contributed by atoms with Gasteiger partial charge in [0.2, 0.25) is 10.0 Å². The lowest BCUT2D eigenvalue weighted by atomic mass is 9.75.